The minimum atomic E-state index is -0.990. The Balaban J connectivity index is 2.15. The fourth-order valence-electron chi connectivity index (χ4n) is 2.02. The van der Waals surface area contributed by atoms with E-state index in [1.54, 1.807) is 0 Å². The number of nitrogens with zero attached hydrogens (tertiary/aromatic N) is 2. The molecule has 0 aliphatic heterocycles. The Labute approximate surface area is 164 Å². The van der Waals surface area contributed by atoms with Crippen molar-refractivity contribution < 1.29 is 19.2 Å². The molecule has 2 rings (SSSR count). The summed E-state index contributed by atoms with van der Waals surface area (Å²) >= 11 is 2.55. The maximum absolute atomic E-state index is 12.2. The number of esters is 1. The molecule has 1 unspecified atom stereocenters. The number of nitrogens with one attached hydrogen (secondary N) is 1. The quantitative estimate of drug-likeness (QED) is 0.403. The second-order valence-corrected chi connectivity index (χ2v) is 7.78. The van der Waals surface area contributed by atoms with E-state index in [1.807, 2.05) is 19.2 Å². The molecular weight excluding hydrogens is 390 g/mol. The van der Waals surface area contributed by atoms with Crippen LogP contribution in [0.2, 0.25) is 0 Å². The van der Waals surface area contributed by atoms with Crippen LogP contribution in [0.5, 0.6) is 0 Å². The van der Waals surface area contributed by atoms with Crippen LogP contribution in [-0.4, -0.2) is 34.4 Å². The average molecular weight is 409 g/mol. The van der Waals surface area contributed by atoms with Crippen LogP contribution in [0.15, 0.2) is 32.8 Å². The molecule has 2 aromatic rings. The topological polar surface area (TPSA) is 111 Å². The number of hydrogen-bond donors (Lipinski definition) is 1. The summed E-state index contributed by atoms with van der Waals surface area (Å²) < 4.78 is 5.77. The van der Waals surface area contributed by atoms with Gasteiger partial charge in [0.05, 0.1) is 15.4 Å². The second-order valence-electron chi connectivity index (χ2n) is 5.64. The van der Waals surface area contributed by atoms with Crippen LogP contribution in [-0.2, 0) is 9.53 Å². The van der Waals surface area contributed by atoms with E-state index in [0.29, 0.717) is 15.8 Å². The van der Waals surface area contributed by atoms with Gasteiger partial charge >= 0.3 is 5.97 Å². The molecule has 1 aromatic carbocycles. The maximum atomic E-state index is 12.2. The lowest BCUT2D eigenvalue weighted by Crippen LogP contribution is -2.36. The van der Waals surface area contributed by atoms with Crippen LogP contribution in [0.25, 0.3) is 0 Å². The van der Waals surface area contributed by atoms with Crippen LogP contribution in [0.4, 0.5) is 5.69 Å². The van der Waals surface area contributed by atoms with E-state index in [9.17, 15) is 19.7 Å². The predicted octanol–water partition coefficient (Wildman–Crippen LogP) is 3.58. The first-order chi connectivity index (χ1) is 12.8. The fraction of sp³-hybridized carbons (Fsp3) is 0.353. The molecule has 1 heterocycles. The number of carbonyl (C=O) groups excluding carboxylic acids is 2. The number of nitro groups is 1. The van der Waals surface area contributed by atoms with Gasteiger partial charge in [0, 0.05) is 23.7 Å². The molecule has 0 saturated carbocycles. The van der Waals surface area contributed by atoms with Gasteiger partial charge in [-0.15, -0.1) is 11.3 Å². The Hall–Kier alpha value is -2.46. The molecule has 27 heavy (non-hydrogen) atoms. The molecular formula is C17H19N3O5S2. The number of amides is 1. The lowest BCUT2D eigenvalue weighted by molar-refractivity contribution is -0.387. The van der Waals surface area contributed by atoms with Gasteiger partial charge in [0.2, 0.25) is 0 Å². The van der Waals surface area contributed by atoms with Gasteiger partial charge in [-0.1, -0.05) is 18.7 Å². The zero-order valence-electron chi connectivity index (χ0n) is 15.1. The van der Waals surface area contributed by atoms with E-state index >= 15 is 0 Å². The number of rotatable bonds is 8. The van der Waals surface area contributed by atoms with Crippen LogP contribution >= 0.6 is 23.1 Å². The molecule has 0 aliphatic carbocycles. The highest BCUT2D eigenvalue weighted by molar-refractivity contribution is 8.01. The summed E-state index contributed by atoms with van der Waals surface area (Å²) in [4.78, 5) is 39.5. The Bertz CT molecular complexity index is 853. The van der Waals surface area contributed by atoms with Crippen molar-refractivity contribution in [2.24, 2.45) is 0 Å². The summed E-state index contributed by atoms with van der Waals surface area (Å²) in [5, 5.41) is 15.9. The normalized spacial score (nSPS) is 11.7. The van der Waals surface area contributed by atoms with Crippen LogP contribution in [0.3, 0.4) is 0 Å². The van der Waals surface area contributed by atoms with E-state index in [0.717, 1.165) is 29.9 Å². The molecule has 0 bridgehead atoms. The molecule has 1 atom stereocenters. The third-order valence-corrected chi connectivity index (χ3v) is 5.51. The van der Waals surface area contributed by atoms with Crippen molar-refractivity contribution in [2.75, 3.05) is 6.54 Å². The zero-order valence-corrected chi connectivity index (χ0v) is 16.7. The van der Waals surface area contributed by atoms with Gasteiger partial charge < -0.3 is 10.1 Å². The molecule has 1 N–H and O–H groups in total. The second kappa shape index (κ2) is 9.47. The van der Waals surface area contributed by atoms with Crippen LogP contribution in [0.1, 0.15) is 36.3 Å². The summed E-state index contributed by atoms with van der Waals surface area (Å²) in [7, 11) is 0. The number of benzene rings is 1. The fourth-order valence-corrected chi connectivity index (χ4v) is 3.90. The third-order valence-electron chi connectivity index (χ3n) is 3.39. The molecule has 0 fully saturated rings. The Morgan fingerprint density at radius 1 is 1.44 bits per heavy atom. The Morgan fingerprint density at radius 3 is 2.78 bits per heavy atom. The van der Waals surface area contributed by atoms with E-state index in [2.05, 4.69) is 10.3 Å². The van der Waals surface area contributed by atoms with Gasteiger partial charge in [0.1, 0.15) is 0 Å². The van der Waals surface area contributed by atoms with Gasteiger partial charge in [-0.3, -0.25) is 14.9 Å². The lowest BCUT2D eigenvalue weighted by atomic mass is 10.2. The number of ether oxygens (including phenoxy) is 1. The smallest absolute Gasteiger partial charge is 0.339 e. The lowest BCUT2D eigenvalue weighted by Gasteiger charge is -2.13. The largest absolute Gasteiger partial charge is 0.449 e. The first-order valence-corrected chi connectivity index (χ1v) is 9.88. The van der Waals surface area contributed by atoms with Gasteiger partial charge in [-0.25, -0.2) is 9.78 Å². The summed E-state index contributed by atoms with van der Waals surface area (Å²) in [6.07, 6.45) is -0.230. The molecule has 8 nitrogen and oxygen atoms in total. The highest BCUT2D eigenvalue weighted by Crippen LogP contribution is 2.36. The summed E-state index contributed by atoms with van der Waals surface area (Å²) in [6.45, 7) is 5.68. The van der Waals surface area contributed by atoms with Crippen LogP contribution < -0.4 is 5.32 Å². The van der Waals surface area contributed by atoms with Gasteiger partial charge in [0.25, 0.3) is 11.6 Å². The standard InChI is InChI=1S/C17H19N3O5S2/c1-4-7-18-15(21)11(3)25-16(22)12-5-6-14(13(8-12)20(23)24)27-17-19-10(2)9-26-17/h5-6,8-9,11H,4,7H2,1-3H3,(H,18,21). The van der Waals surface area contributed by atoms with Crippen molar-refractivity contribution in [3.63, 3.8) is 0 Å². The summed E-state index contributed by atoms with van der Waals surface area (Å²) in [6, 6.07) is 4.08. The predicted molar refractivity (Wildman–Crippen MR) is 102 cm³/mol. The minimum absolute atomic E-state index is 0.0107. The molecule has 0 saturated heterocycles. The zero-order chi connectivity index (χ0) is 20.0. The molecule has 1 amide bonds. The first-order valence-electron chi connectivity index (χ1n) is 8.19. The van der Waals surface area contributed by atoms with E-state index < -0.39 is 22.9 Å². The van der Waals surface area contributed by atoms with Crippen molar-refractivity contribution >= 4 is 40.7 Å². The number of thiazole rings is 1. The average Bonchev–Trinajstić information content (AvgIpc) is 3.04. The van der Waals surface area contributed by atoms with Crippen molar-refractivity contribution in [1.82, 2.24) is 10.3 Å². The summed E-state index contributed by atoms with van der Waals surface area (Å²) in [5.74, 6) is -1.20. The monoisotopic (exact) mass is 409 g/mol. The maximum Gasteiger partial charge on any atom is 0.339 e. The summed E-state index contributed by atoms with van der Waals surface area (Å²) in [5.41, 5.74) is 0.627. The van der Waals surface area contributed by atoms with E-state index in [1.165, 1.54) is 30.4 Å². The molecule has 1 aromatic heterocycles. The van der Waals surface area contributed by atoms with Crippen molar-refractivity contribution in [2.45, 2.75) is 42.5 Å². The molecule has 0 radical (unpaired) electrons. The van der Waals surface area contributed by atoms with Crippen molar-refractivity contribution in [3.8, 4) is 0 Å². The molecule has 0 spiro atoms. The van der Waals surface area contributed by atoms with Gasteiger partial charge in [-0.05, 0) is 32.4 Å². The van der Waals surface area contributed by atoms with Crippen molar-refractivity contribution in [3.05, 3.63) is 45.0 Å². The minimum Gasteiger partial charge on any atom is -0.449 e. The molecule has 10 heteroatoms. The SMILES string of the molecule is CCCNC(=O)C(C)OC(=O)c1ccc(Sc2nc(C)cs2)c([N+](=O)[O-])c1. The number of hydrogen-bond acceptors (Lipinski definition) is 8. The Morgan fingerprint density at radius 2 is 2.19 bits per heavy atom. The third kappa shape index (κ3) is 5.76. The molecule has 144 valence electrons. The number of nitro benzene ring substituents is 1. The van der Waals surface area contributed by atoms with Crippen molar-refractivity contribution in [1.29, 1.82) is 0 Å². The van der Waals surface area contributed by atoms with Gasteiger partial charge in [-0.2, -0.15) is 0 Å². The van der Waals surface area contributed by atoms with E-state index in [4.69, 9.17) is 4.74 Å². The molecule has 0 aliphatic rings. The highest BCUT2D eigenvalue weighted by atomic mass is 32.2. The first kappa shape index (κ1) is 20.8. The van der Waals surface area contributed by atoms with E-state index in [-0.39, 0.29) is 11.3 Å². The van der Waals surface area contributed by atoms with Crippen LogP contribution in [0, 0.1) is 17.0 Å². The Kier molecular flexibility index (Phi) is 7.31. The highest BCUT2D eigenvalue weighted by Gasteiger charge is 2.23. The number of aryl methyl sites for hydroxylation is 1. The number of carbonyl (C=O) groups is 2. The van der Waals surface area contributed by atoms with Gasteiger partial charge in [0.15, 0.2) is 10.4 Å². The number of aromatic nitrogens is 1.